The molecule has 2 aromatic carbocycles. The maximum atomic E-state index is 12.8. The molecule has 0 spiro atoms. The van der Waals surface area contributed by atoms with Crippen LogP contribution in [0.2, 0.25) is 5.02 Å². The van der Waals surface area contributed by atoms with Gasteiger partial charge in [0, 0.05) is 12.1 Å². The van der Waals surface area contributed by atoms with Gasteiger partial charge >= 0.3 is 6.18 Å². The summed E-state index contributed by atoms with van der Waals surface area (Å²) in [6.07, 6.45) is -3.12. The van der Waals surface area contributed by atoms with Crippen LogP contribution in [0, 0.1) is 0 Å². The Balaban J connectivity index is 1.83. The highest BCUT2D eigenvalue weighted by Crippen LogP contribution is 2.36. The number of hydrogen-bond donors (Lipinski definition) is 1. The second-order valence-electron chi connectivity index (χ2n) is 5.81. The van der Waals surface area contributed by atoms with Gasteiger partial charge in [0.25, 0.3) is 0 Å². The van der Waals surface area contributed by atoms with Gasteiger partial charge in [-0.05, 0) is 64.7 Å². The maximum Gasteiger partial charge on any atom is 0.417 e. The third kappa shape index (κ3) is 6.43. The number of benzene rings is 2. The first-order valence-corrected chi connectivity index (χ1v) is 9.45. The van der Waals surface area contributed by atoms with Crippen LogP contribution < -0.4 is 10.1 Å². The van der Waals surface area contributed by atoms with E-state index in [4.69, 9.17) is 16.3 Å². The summed E-state index contributed by atoms with van der Waals surface area (Å²) in [7, 11) is 0. The van der Waals surface area contributed by atoms with Crippen molar-refractivity contribution >= 4 is 39.1 Å². The molecule has 0 aliphatic carbocycles. The summed E-state index contributed by atoms with van der Waals surface area (Å²) >= 11 is 8.99. The van der Waals surface area contributed by atoms with Crippen LogP contribution in [0.3, 0.4) is 0 Å². The molecule has 0 aliphatic heterocycles. The minimum Gasteiger partial charge on any atom is -0.492 e. The SMILES string of the molecule is CCc1ccc(OCCCC(=O)Nc2ccc(Cl)c(C(F)(F)F)c2)c(Br)c1. The molecule has 0 fully saturated rings. The number of aryl methyl sites for hydroxylation is 1. The Labute approximate surface area is 169 Å². The fraction of sp³-hybridized carbons (Fsp3) is 0.316. The van der Waals surface area contributed by atoms with E-state index in [0.29, 0.717) is 18.8 Å². The molecule has 27 heavy (non-hydrogen) atoms. The molecule has 0 aromatic heterocycles. The molecule has 0 heterocycles. The number of anilines is 1. The molecule has 1 N–H and O–H groups in total. The number of amides is 1. The lowest BCUT2D eigenvalue weighted by molar-refractivity contribution is -0.137. The lowest BCUT2D eigenvalue weighted by Crippen LogP contribution is -2.14. The van der Waals surface area contributed by atoms with Crippen molar-refractivity contribution in [1.82, 2.24) is 0 Å². The number of carbonyl (C=O) groups excluding carboxylic acids is 1. The van der Waals surface area contributed by atoms with Crippen molar-refractivity contribution in [2.24, 2.45) is 0 Å². The molecule has 3 nitrogen and oxygen atoms in total. The largest absolute Gasteiger partial charge is 0.492 e. The molecule has 0 unspecified atom stereocenters. The molecule has 2 rings (SSSR count). The van der Waals surface area contributed by atoms with Gasteiger partial charge < -0.3 is 10.1 Å². The van der Waals surface area contributed by atoms with E-state index in [1.807, 2.05) is 18.2 Å². The predicted octanol–water partition coefficient (Wildman–Crippen LogP) is 6.48. The van der Waals surface area contributed by atoms with Crippen LogP contribution in [-0.4, -0.2) is 12.5 Å². The average Bonchev–Trinajstić information content (AvgIpc) is 2.60. The Morgan fingerprint density at radius 3 is 2.59 bits per heavy atom. The first-order chi connectivity index (χ1) is 12.7. The van der Waals surface area contributed by atoms with Crippen LogP contribution in [0.1, 0.15) is 30.9 Å². The van der Waals surface area contributed by atoms with E-state index in [9.17, 15) is 18.0 Å². The number of alkyl halides is 3. The fourth-order valence-electron chi connectivity index (χ4n) is 2.34. The number of rotatable bonds is 7. The molecule has 0 bridgehead atoms. The molecule has 8 heteroatoms. The Morgan fingerprint density at radius 1 is 1.22 bits per heavy atom. The zero-order valence-electron chi connectivity index (χ0n) is 14.5. The van der Waals surface area contributed by atoms with E-state index >= 15 is 0 Å². The zero-order chi connectivity index (χ0) is 20.0. The number of nitrogens with one attached hydrogen (secondary N) is 1. The molecule has 0 aliphatic rings. The standard InChI is InChI=1S/C19H18BrClF3NO2/c1-2-12-5-8-17(15(20)10-12)27-9-3-4-18(26)25-13-6-7-16(21)14(11-13)19(22,23)24/h5-8,10-11H,2-4,9H2,1H3,(H,25,26). The summed E-state index contributed by atoms with van der Waals surface area (Å²) in [6, 6.07) is 9.06. The highest BCUT2D eigenvalue weighted by molar-refractivity contribution is 9.10. The van der Waals surface area contributed by atoms with E-state index in [2.05, 4.69) is 28.2 Å². The number of halogens is 5. The summed E-state index contributed by atoms with van der Waals surface area (Å²) in [5.74, 6) is 0.287. The summed E-state index contributed by atoms with van der Waals surface area (Å²) in [4.78, 5) is 11.9. The first-order valence-electron chi connectivity index (χ1n) is 8.28. The van der Waals surface area contributed by atoms with Gasteiger partial charge in [-0.15, -0.1) is 0 Å². The van der Waals surface area contributed by atoms with Gasteiger partial charge in [0.2, 0.25) is 5.91 Å². The predicted molar refractivity (Wildman–Crippen MR) is 103 cm³/mol. The summed E-state index contributed by atoms with van der Waals surface area (Å²) < 4.78 is 45.0. The Hall–Kier alpha value is -1.73. The van der Waals surface area contributed by atoms with Crippen molar-refractivity contribution in [1.29, 1.82) is 0 Å². The van der Waals surface area contributed by atoms with Crippen molar-refractivity contribution in [2.75, 3.05) is 11.9 Å². The van der Waals surface area contributed by atoms with Crippen molar-refractivity contribution < 1.29 is 22.7 Å². The molecular formula is C19H18BrClF3NO2. The van der Waals surface area contributed by atoms with Gasteiger partial charge in [-0.1, -0.05) is 24.6 Å². The minimum atomic E-state index is -4.58. The summed E-state index contributed by atoms with van der Waals surface area (Å²) in [5, 5.41) is 2.04. The van der Waals surface area contributed by atoms with Gasteiger partial charge in [-0.2, -0.15) is 13.2 Å². The van der Waals surface area contributed by atoms with Gasteiger partial charge in [0.15, 0.2) is 0 Å². The van der Waals surface area contributed by atoms with Crippen LogP contribution in [0.4, 0.5) is 18.9 Å². The number of hydrogen-bond acceptors (Lipinski definition) is 2. The second-order valence-corrected chi connectivity index (χ2v) is 7.07. The van der Waals surface area contributed by atoms with Gasteiger partial charge in [0.05, 0.1) is 21.7 Å². The van der Waals surface area contributed by atoms with Crippen molar-refractivity contribution in [3.05, 3.63) is 57.0 Å². The number of carbonyl (C=O) groups is 1. The molecule has 0 saturated carbocycles. The lowest BCUT2D eigenvalue weighted by atomic mass is 10.2. The zero-order valence-corrected chi connectivity index (χ0v) is 16.8. The molecular weight excluding hydrogens is 447 g/mol. The topological polar surface area (TPSA) is 38.3 Å². The van der Waals surface area contributed by atoms with Crippen molar-refractivity contribution in [3.8, 4) is 5.75 Å². The van der Waals surface area contributed by atoms with Gasteiger partial charge in [-0.3, -0.25) is 4.79 Å². The second kappa shape index (κ2) is 9.46. The highest BCUT2D eigenvalue weighted by Gasteiger charge is 2.33. The normalized spacial score (nSPS) is 11.3. The van der Waals surface area contributed by atoms with E-state index in [-0.39, 0.29) is 12.1 Å². The Kier molecular flexibility index (Phi) is 7.56. The molecule has 0 atom stereocenters. The molecule has 2 aromatic rings. The molecule has 1 amide bonds. The van der Waals surface area contributed by atoms with Crippen LogP contribution in [-0.2, 0) is 17.4 Å². The highest BCUT2D eigenvalue weighted by atomic mass is 79.9. The average molecular weight is 465 g/mol. The third-order valence-electron chi connectivity index (χ3n) is 3.77. The van der Waals surface area contributed by atoms with Crippen molar-refractivity contribution in [3.63, 3.8) is 0 Å². The van der Waals surface area contributed by atoms with E-state index in [0.717, 1.165) is 23.0 Å². The fourth-order valence-corrected chi connectivity index (χ4v) is 3.11. The quantitative estimate of drug-likeness (QED) is 0.476. The minimum absolute atomic E-state index is 0.0514. The van der Waals surface area contributed by atoms with E-state index < -0.39 is 22.7 Å². The summed E-state index contributed by atoms with van der Waals surface area (Å²) in [5.41, 5.74) is 0.246. The molecule has 0 radical (unpaired) electrons. The Bertz CT molecular complexity index is 812. The van der Waals surface area contributed by atoms with Crippen molar-refractivity contribution in [2.45, 2.75) is 32.4 Å². The smallest absolute Gasteiger partial charge is 0.417 e. The monoisotopic (exact) mass is 463 g/mol. The van der Waals surface area contributed by atoms with E-state index in [1.54, 1.807) is 0 Å². The first kappa shape index (κ1) is 21.6. The van der Waals surface area contributed by atoms with Crippen LogP contribution >= 0.6 is 27.5 Å². The van der Waals surface area contributed by atoms with Crippen LogP contribution in [0.5, 0.6) is 5.75 Å². The van der Waals surface area contributed by atoms with Gasteiger partial charge in [0.1, 0.15) is 5.75 Å². The number of ether oxygens (including phenoxy) is 1. The molecule has 0 saturated heterocycles. The molecule has 146 valence electrons. The van der Waals surface area contributed by atoms with E-state index in [1.165, 1.54) is 11.6 Å². The third-order valence-corrected chi connectivity index (χ3v) is 4.72. The van der Waals surface area contributed by atoms with Crippen LogP contribution in [0.25, 0.3) is 0 Å². The van der Waals surface area contributed by atoms with Crippen LogP contribution in [0.15, 0.2) is 40.9 Å². The lowest BCUT2D eigenvalue weighted by Gasteiger charge is -2.12. The summed E-state index contributed by atoms with van der Waals surface area (Å²) in [6.45, 7) is 2.37. The maximum absolute atomic E-state index is 12.8. The van der Waals surface area contributed by atoms with Gasteiger partial charge in [-0.25, -0.2) is 0 Å². The Morgan fingerprint density at radius 2 is 1.96 bits per heavy atom.